The lowest BCUT2D eigenvalue weighted by Gasteiger charge is -2.35. The molecule has 0 aliphatic carbocycles. The van der Waals surface area contributed by atoms with Crippen LogP contribution in [-0.4, -0.2) is 12.1 Å². The summed E-state index contributed by atoms with van der Waals surface area (Å²) in [6.07, 6.45) is 0. The van der Waals surface area contributed by atoms with Crippen LogP contribution in [0.5, 0.6) is 0 Å². The zero-order valence-electron chi connectivity index (χ0n) is 31.6. The number of hydrogen-bond acceptors (Lipinski definition) is 3. The molecular formula is C52H43N2PS. The Hall–Kier alpha value is -5.86. The molecule has 0 N–H and O–H groups in total. The standard InChI is InChI=1S/C52H43N2PS/c1-37-38(2)54(52-49(43-29-17-7-18-30-43)35-46(40-23-11-4-12-24-40)36-50(52)44-31-19-8-20-32-44)55(56)53(37)51-47(41-25-13-5-14-26-41)33-45(39-21-9-3-10-22-39)34-48(51)42-27-15-6-16-28-42/h3-38,56H,1-2H3/t37-,38?,55?/m1/s1. The van der Waals surface area contributed by atoms with Gasteiger partial charge in [-0.05, 0) is 82.6 Å². The van der Waals surface area contributed by atoms with E-state index in [1.54, 1.807) is 0 Å². The normalized spacial score (nSPS) is 16.6. The van der Waals surface area contributed by atoms with Gasteiger partial charge in [0, 0.05) is 22.3 Å². The summed E-state index contributed by atoms with van der Waals surface area (Å²) < 4.78 is 5.27. The molecule has 1 aliphatic rings. The van der Waals surface area contributed by atoms with E-state index >= 15 is 0 Å². The quantitative estimate of drug-likeness (QED) is 0.122. The summed E-state index contributed by atoms with van der Waals surface area (Å²) in [6, 6.07) is 74.9. The maximum atomic E-state index is 5.77. The van der Waals surface area contributed by atoms with Crippen LogP contribution in [0.25, 0.3) is 66.8 Å². The Balaban J connectivity index is 1.31. The zero-order valence-corrected chi connectivity index (χ0v) is 33.4. The lowest BCUT2D eigenvalue weighted by atomic mass is 9.90. The molecule has 2 nitrogen and oxygen atoms in total. The van der Waals surface area contributed by atoms with E-state index in [-0.39, 0.29) is 12.1 Å². The lowest BCUT2D eigenvalue weighted by molar-refractivity contribution is 0.647. The maximum Gasteiger partial charge on any atom is 0.157 e. The lowest BCUT2D eigenvalue weighted by Crippen LogP contribution is -2.33. The molecular weight excluding hydrogens is 716 g/mol. The smallest absolute Gasteiger partial charge is 0.157 e. The fourth-order valence-corrected chi connectivity index (χ4v) is 11.7. The van der Waals surface area contributed by atoms with Crippen LogP contribution in [0, 0.1) is 0 Å². The largest absolute Gasteiger partial charge is 0.320 e. The maximum absolute atomic E-state index is 5.77. The fourth-order valence-electron chi connectivity index (χ4n) is 8.13. The van der Waals surface area contributed by atoms with Crippen LogP contribution in [0.1, 0.15) is 13.8 Å². The van der Waals surface area contributed by atoms with E-state index < -0.39 is 7.42 Å². The van der Waals surface area contributed by atoms with E-state index in [4.69, 9.17) is 12.2 Å². The van der Waals surface area contributed by atoms with Crippen LogP contribution < -0.4 is 9.34 Å². The zero-order chi connectivity index (χ0) is 38.0. The van der Waals surface area contributed by atoms with Gasteiger partial charge in [-0.25, -0.2) is 0 Å². The fraction of sp³-hybridized carbons (Fsp3) is 0.0769. The van der Waals surface area contributed by atoms with Crippen molar-refractivity contribution in [1.29, 1.82) is 0 Å². The van der Waals surface area contributed by atoms with Gasteiger partial charge >= 0.3 is 0 Å². The van der Waals surface area contributed by atoms with Gasteiger partial charge in [-0.2, -0.15) is 0 Å². The van der Waals surface area contributed by atoms with Crippen molar-refractivity contribution in [2.24, 2.45) is 0 Å². The summed E-state index contributed by atoms with van der Waals surface area (Å²) in [7, 11) is -1.22. The Morgan fingerprint density at radius 1 is 0.321 bits per heavy atom. The van der Waals surface area contributed by atoms with Crippen molar-refractivity contribution in [3.8, 4) is 66.8 Å². The Morgan fingerprint density at radius 3 is 0.768 bits per heavy atom. The minimum atomic E-state index is -1.22. The molecule has 0 spiro atoms. The highest BCUT2D eigenvalue weighted by Crippen LogP contribution is 2.66. The molecule has 0 saturated carbocycles. The van der Waals surface area contributed by atoms with Crippen LogP contribution in [0.15, 0.2) is 206 Å². The van der Waals surface area contributed by atoms with Gasteiger partial charge in [0.2, 0.25) is 0 Å². The second-order valence-electron chi connectivity index (χ2n) is 14.5. The van der Waals surface area contributed by atoms with Crippen molar-refractivity contribution < 1.29 is 0 Å². The summed E-state index contributed by atoms with van der Waals surface area (Å²) in [5.74, 6) is 0. The van der Waals surface area contributed by atoms with Gasteiger partial charge in [0.25, 0.3) is 0 Å². The molecule has 56 heavy (non-hydrogen) atoms. The number of rotatable bonds is 8. The van der Waals surface area contributed by atoms with Crippen LogP contribution in [0.4, 0.5) is 11.4 Å². The van der Waals surface area contributed by atoms with E-state index in [0.717, 1.165) is 0 Å². The highest BCUT2D eigenvalue weighted by Gasteiger charge is 2.45. The molecule has 0 amide bonds. The van der Waals surface area contributed by atoms with Gasteiger partial charge in [0.05, 0.1) is 23.5 Å². The van der Waals surface area contributed by atoms with Crippen molar-refractivity contribution >= 4 is 31.0 Å². The molecule has 0 bridgehead atoms. The molecule has 2 unspecified atom stereocenters. The van der Waals surface area contributed by atoms with Gasteiger partial charge < -0.3 is 9.34 Å². The van der Waals surface area contributed by atoms with Crippen LogP contribution >= 0.6 is 19.7 Å². The molecule has 4 heteroatoms. The summed E-state index contributed by atoms with van der Waals surface area (Å²) in [5.41, 5.74) is 16.8. The van der Waals surface area contributed by atoms with E-state index in [0.29, 0.717) is 0 Å². The number of anilines is 2. The summed E-state index contributed by atoms with van der Waals surface area (Å²) in [4.78, 5) is 0. The molecule has 1 heterocycles. The first-order valence-corrected chi connectivity index (χ1v) is 21.7. The molecule has 272 valence electrons. The molecule has 0 aromatic heterocycles. The number of thiol groups is 1. The molecule has 9 rings (SSSR count). The van der Waals surface area contributed by atoms with Gasteiger partial charge in [0.15, 0.2) is 7.42 Å². The molecule has 8 aromatic rings. The Kier molecular flexibility index (Phi) is 10.0. The van der Waals surface area contributed by atoms with E-state index in [1.807, 2.05) is 0 Å². The van der Waals surface area contributed by atoms with E-state index in [1.165, 1.54) is 78.1 Å². The third-order valence-electron chi connectivity index (χ3n) is 11.1. The van der Waals surface area contributed by atoms with Crippen molar-refractivity contribution in [3.63, 3.8) is 0 Å². The molecule has 1 aliphatic heterocycles. The van der Waals surface area contributed by atoms with E-state index in [2.05, 4.69) is 229 Å². The molecule has 3 atom stereocenters. The van der Waals surface area contributed by atoms with Gasteiger partial charge in [-0.1, -0.05) is 182 Å². The summed E-state index contributed by atoms with van der Waals surface area (Å²) >= 11 is 5.77. The third kappa shape index (κ3) is 6.72. The monoisotopic (exact) mass is 758 g/mol. The van der Waals surface area contributed by atoms with Gasteiger partial charge in [-0.3, -0.25) is 0 Å². The number of hydrogen-bond donors (Lipinski definition) is 1. The number of benzene rings is 8. The highest BCUT2D eigenvalue weighted by atomic mass is 32.7. The predicted octanol–water partition coefficient (Wildman–Crippen LogP) is 14.9. The Labute approximate surface area is 337 Å². The average molecular weight is 759 g/mol. The number of nitrogens with zero attached hydrogens (tertiary/aromatic N) is 2. The van der Waals surface area contributed by atoms with Crippen LogP contribution in [-0.2, 0) is 0 Å². The van der Waals surface area contributed by atoms with Crippen molar-refractivity contribution in [3.05, 3.63) is 206 Å². The van der Waals surface area contributed by atoms with Gasteiger partial charge in [-0.15, -0.1) is 12.2 Å². The molecule has 0 radical (unpaired) electrons. The second-order valence-corrected chi connectivity index (χ2v) is 16.9. The Bertz CT molecular complexity index is 2260. The Morgan fingerprint density at radius 2 is 0.536 bits per heavy atom. The topological polar surface area (TPSA) is 6.48 Å². The minimum Gasteiger partial charge on any atom is -0.320 e. The van der Waals surface area contributed by atoms with Crippen molar-refractivity contribution in [1.82, 2.24) is 0 Å². The first-order chi connectivity index (χ1) is 27.6. The van der Waals surface area contributed by atoms with Crippen molar-refractivity contribution in [2.45, 2.75) is 25.9 Å². The average Bonchev–Trinajstić information content (AvgIpc) is 3.49. The first kappa shape index (κ1) is 35.8. The van der Waals surface area contributed by atoms with Gasteiger partial charge in [0.1, 0.15) is 0 Å². The minimum absolute atomic E-state index is 0.132. The summed E-state index contributed by atoms with van der Waals surface area (Å²) in [5, 5.41) is 0. The first-order valence-electron chi connectivity index (χ1n) is 19.3. The molecule has 1 fully saturated rings. The summed E-state index contributed by atoms with van der Waals surface area (Å²) in [6.45, 7) is 4.77. The van der Waals surface area contributed by atoms with Crippen LogP contribution in [0.2, 0.25) is 0 Å². The highest BCUT2D eigenvalue weighted by molar-refractivity contribution is 8.46. The third-order valence-corrected chi connectivity index (χ3v) is 14.1. The molecule has 1 saturated heterocycles. The van der Waals surface area contributed by atoms with Crippen molar-refractivity contribution in [2.75, 3.05) is 9.34 Å². The van der Waals surface area contributed by atoms with E-state index in [9.17, 15) is 0 Å². The predicted molar refractivity (Wildman–Crippen MR) is 245 cm³/mol. The molecule has 8 aromatic carbocycles. The SMILES string of the molecule is CC1[C@@H](C)N(c2c(-c3ccccc3)cc(-c3ccccc3)cc2-c2ccccc2)P(S)N1c1c(-c2ccccc2)cc(-c2ccccc2)cc1-c1ccccc1. The second kappa shape index (κ2) is 15.7. The van der Waals surface area contributed by atoms with Crippen LogP contribution in [0.3, 0.4) is 0 Å².